The lowest BCUT2D eigenvalue weighted by Gasteiger charge is -2.18. The summed E-state index contributed by atoms with van der Waals surface area (Å²) in [6, 6.07) is 4.28. The van der Waals surface area contributed by atoms with E-state index in [1.807, 2.05) is 6.20 Å². The molecule has 0 spiro atoms. The molecule has 0 radical (unpaired) electrons. The zero-order chi connectivity index (χ0) is 10.8. The minimum absolute atomic E-state index is 0.198. The normalized spacial score (nSPS) is 12.1. The first-order chi connectivity index (χ1) is 6.39. The largest absolute Gasteiger partial charge is 0.304 e. The topological polar surface area (TPSA) is 16.1 Å². The van der Waals surface area contributed by atoms with Crippen LogP contribution in [0, 0.1) is 0 Å². The van der Waals surface area contributed by atoms with Gasteiger partial charge in [0.25, 0.3) is 0 Å². The molecule has 0 aliphatic heterocycles. The van der Waals surface area contributed by atoms with E-state index in [1.54, 1.807) is 0 Å². The number of pyridine rings is 1. The van der Waals surface area contributed by atoms with Gasteiger partial charge in [0, 0.05) is 12.7 Å². The highest BCUT2D eigenvalue weighted by molar-refractivity contribution is 5.21. The summed E-state index contributed by atoms with van der Waals surface area (Å²) in [5.74, 6) is 0. The Bertz CT molecular complexity index is 280. The van der Waals surface area contributed by atoms with Gasteiger partial charge in [-0.25, -0.2) is 0 Å². The summed E-state index contributed by atoms with van der Waals surface area (Å²) in [5.41, 5.74) is 2.62. The third-order valence-electron chi connectivity index (χ3n) is 2.17. The molecule has 2 nitrogen and oxygen atoms in total. The molecule has 0 saturated carbocycles. The quantitative estimate of drug-likeness (QED) is 0.715. The van der Waals surface area contributed by atoms with Gasteiger partial charge in [0.05, 0.1) is 5.69 Å². The summed E-state index contributed by atoms with van der Waals surface area (Å²) < 4.78 is 0. The van der Waals surface area contributed by atoms with Crippen LogP contribution in [0.1, 0.15) is 32.0 Å². The molecule has 0 N–H and O–H groups in total. The SMILES string of the molecule is CN(C)Cc1ccc(C(C)(C)C)cn1. The molecule has 14 heavy (non-hydrogen) atoms. The molecule has 78 valence electrons. The summed E-state index contributed by atoms with van der Waals surface area (Å²) in [4.78, 5) is 6.57. The van der Waals surface area contributed by atoms with Gasteiger partial charge in [0.1, 0.15) is 0 Å². The van der Waals surface area contributed by atoms with E-state index in [-0.39, 0.29) is 5.41 Å². The molecule has 0 aromatic carbocycles. The lowest BCUT2D eigenvalue weighted by Crippen LogP contribution is -2.14. The van der Waals surface area contributed by atoms with Crippen LogP contribution < -0.4 is 0 Å². The van der Waals surface area contributed by atoms with Crippen LogP contribution in [-0.4, -0.2) is 24.0 Å². The summed E-state index contributed by atoms with van der Waals surface area (Å²) in [5, 5.41) is 0. The molecule has 2 heteroatoms. The van der Waals surface area contributed by atoms with Gasteiger partial charge in [-0.15, -0.1) is 0 Å². The molecule has 0 aliphatic carbocycles. The third-order valence-corrected chi connectivity index (χ3v) is 2.17. The van der Waals surface area contributed by atoms with E-state index in [0.717, 1.165) is 12.2 Å². The second-order valence-electron chi connectivity index (χ2n) is 5.03. The van der Waals surface area contributed by atoms with E-state index in [4.69, 9.17) is 0 Å². The molecule has 0 unspecified atom stereocenters. The molecular formula is C12H20N2. The molecule has 0 aliphatic rings. The molecule has 1 aromatic rings. The first kappa shape index (κ1) is 11.2. The summed E-state index contributed by atoms with van der Waals surface area (Å²) in [6.45, 7) is 7.52. The van der Waals surface area contributed by atoms with Crippen molar-refractivity contribution in [3.05, 3.63) is 29.6 Å². The number of hydrogen-bond acceptors (Lipinski definition) is 2. The molecule has 0 saturated heterocycles. The van der Waals surface area contributed by atoms with Crippen molar-refractivity contribution in [1.29, 1.82) is 0 Å². The maximum Gasteiger partial charge on any atom is 0.0543 e. The van der Waals surface area contributed by atoms with Gasteiger partial charge in [0.15, 0.2) is 0 Å². The van der Waals surface area contributed by atoms with Gasteiger partial charge in [-0.3, -0.25) is 4.98 Å². The predicted molar refractivity (Wildman–Crippen MR) is 60.3 cm³/mol. The van der Waals surface area contributed by atoms with E-state index in [1.165, 1.54) is 5.56 Å². The maximum absolute atomic E-state index is 4.44. The molecule has 0 atom stereocenters. The van der Waals surface area contributed by atoms with Crippen molar-refractivity contribution in [3.63, 3.8) is 0 Å². The van der Waals surface area contributed by atoms with Crippen LogP contribution in [0.5, 0.6) is 0 Å². The lowest BCUT2D eigenvalue weighted by atomic mass is 9.88. The van der Waals surface area contributed by atoms with Crippen LogP contribution in [0.4, 0.5) is 0 Å². The number of hydrogen-bond donors (Lipinski definition) is 0. The van der Waals surface area contributed by atoms with Crippen LogP contribution in [0.2, 0.25) is 0 Å². The Hall–Kier alpha value is -0.890. The second-order valence-corrected chi connectivity index (χ2v) is 5.03. The Balaban J connectivity index is 2.79. The Morgan fingerprint density at radius 3 is 2.21 bits per heavy atom. The monoisotopic (exact) mass is 192 g/mol. The Morgan fingerprint density at radius 2 is 1.86 bits per heavy atom. The standard InChI is InChI=1S/C12H20N2/c1-12(2,3)10-6-7-11(13-8-10)9-14(4)5/h6-8H,9H2,1-5H3. The van der Waals surface area contributed by atoms with Crippen molar-refractivity contribution in [3.8, 4) is 0 Å². The molecule has 0 bridgehead atoms. The fourth-order valence-electron chi connectivity index (χ4n) is 1.29. The van der Waals surface area contributed by atoms with Gasteiger partial charge in [-0.2, -0.15) is 0 Å². The van der Waals surface area contributed by atoms with Gasteiger partial charge in [0.2, 0.25) is 0 Å². The minimum Gasteiger partial charge on any atom is -0.304 e. The van der Waals surface area contributed by atoms with Gasteiger partial charge in [-0.05, 0) is 31.1 Å². The highest BCUT2D eigenvalue weighted by atomic mass is 15.1. The van der Waals surface area contributed by atoms with Crippen molar-refractivity contribution in [2.75, 3.05) is 14.1 Å². The molecule has 1 heterocycles. The summed E-state index contributed by atoms with van der Waals surface area (Å²) in [7, 11) is 4.11. The second kappa shape index (κ2) is 4.09. The van der Waals surface area contributed by atoms with Crippen molar-refractivity contribution in [2.24, 2.45) is 0 Å². The van der Waals surface area contributed by atoms with Crippen molar-refractivity contribution in [1.82, 2.24) is 9.88 Å². The van der Waals surface area contributed by atoms with Crippen LogP contribution in [0.3, 0.4) is 0 Å². The van der Waals surface area contributed by atoms with E-state index in [9.17, 15) is 0 Å². The maximum atomic E-state index is 4.44. The van der Waals surface area contributed by atoms with E-state index in [0.29, 0.717) is 0 Å². The first-order valence-electron chi connectivity index (χ1n) is 5.00. The van der Waals surface area contributed by atoms with Crippen LogP contribution in [0.15, 0.2) is 18.3 Å². The zero-order valence-corrected chi connectivity index (χ0v) is 9.83. The highest BCUT2D eigenvalue weighted by Crippen LogP contribution is 2.20. The number of aromatic nitrogens is 1. The number of rotatable bonds is 2. The fourth-order valence-corrected chi connectivity index (χ4v) is 1.29. The van der Waals surface area contributed by atoms with E-state index < -0.39 is 0 Å². The average molecular weight is 192 g/mol. The fraction of sp³-hybridized carbons (Fsp3) is 0.583. The highest BCUT2D eigenvalue weighted by Gasteiger charge is 2.13. The minimum atomic E-state index is 0.198. The summed E-state index contributed by atoms with van der Waals surface area (Å²) in [6.07, 6.45) is 1.98. The molecular weight excluding hydrogens is 172 g/mol. The van der Waals surface area contributed by atoms with Gasteiger partial charge < -0.3 is 4.90 Å². The van der Waals surface area contributed by atoms with Crippen molar-refractivity contribution in [2.45, 2.75) is 32.7 Å². The molecule has 1 aromatic heterocycles. The van der Waals surface area contributed by atoms with Crippen LogP contribution >= 0.6 is 0 Å². The third kappa shape index (κ3) is 3.11. The van der Waals surface area contributed by atoms with Crippen molar-refractivity contribution < 1.29 is 0 Å². The van der Waals surface area contributed by atoms with Crippen LogP contribution in [0.25, 0.3) is 0 Å². The Kier molecular flexibility index (Phi) is 3.27. The van der Waals surface area contributed by atoms with Crippen LogP contribution in [-0.2, 0) is 12.0 Å². The molecule has 1 rings (SSSR count). The lowest BCUT2D eigenvalue weighted by molar-refractivity contribution is 0.396. The Labute approximate surface area is 87.0 Å². The van der Waals surface area contributed by atoms with Gasteiger partial charge in [-0.1, -0.05) is 26.8 Å². The number of nitrogens with zero attached hydrogens (tertiary/aromatic N) is 2. The zero-order valence-electron chi connectivity index (χ0n) is 9.83. The van der Waals surface area contributed by atoms with E-state index >= 15 is 0 Å². The average Bonchev–Trinajstić information content (AvgIpc) is 2.02. The predicted octanol–water partition coefficient (Wildman–Crippen LogP) is 2.44. The smallest absolute Gasteiger partial charge is 0.0543 e. The van der Waals surface area contributed by atoms with Gasteiger partial charge >= 0.3 is 0 Å². The first-order valence-corrected chi connectivity index (χ1v) is 5.00. The Morgan fingerprint density at radius 1 is 1.21 bits per heavy atom. The molecule has 0 amide bonds. The summed E-state index contributed by atoms with van der Waals surface area (Å²) >= 11 is 0. The van der Waals surface area contributed by atoms with E-state index in [2.05, 4.69) is 56.9 Å². The van der Waals surface area contributed by atoms with Crippen molar-refractivity contribution >= 4 is 0 Å². The molecule has 0 fully saturated rings.